The number of nitrogens with one attached hydrogen (secondary N) is 1. The van der Waals surface area contributed by atoms with Gasteiger partial charge in [-0.1, -0.05) is 13.3 Å². The fourth-order valence-electron chi connectivity index (χ4n) is 2.47. The molecule has 0 aliphatic heterocycles. The minimum atomic E-state index is -0.360. The van der Waals surface area contributed by atoms with Gasteiger partial charge in [0, 0.05) is 12.2 Å². The summed E-state index contributed by atoms with van der Waals surface area (Å²) in [5.41, 5.74) is 1.09. The van der Waals surface area contributed by atoms with Crippen molar-refractivity contribution in [3.05, 3.63) is 17.5 Å². The number of carbonyl (C=O) groups excluding carboxylic acids is 1. The van der Waals surface area contributed by atoms with E-state index in [1.807, 2.05) is 0 Å². The van der Waals surface area contributed by atoms with Crippen LogP contribution in [0.3, 0.4) is 0 Å². The van der Waals surface area contributed by atoms with Crippen LogP contribution in [0.2, 0.25) is 0 Å². The Morgan fingerprint density at radius 1 is 1.53 bits per heavy atom. The molecule has 1 aliphatic carbocycles. The molecule has 0 radical (unpaired) electrons. The van der Waals surface area contributed by atoms with Crippen molar-refractivity contribution < 1.29 is 9.53 Å². The minimum Gasteiger partial charge on any atom is -0.462 e. The molecule has 104 valence electrons. The molecular weight excluding hydrogens is 242 g/mol. The lowest BCUT2D eigenvalue weighted by Crippen LogP contribution is -2.23. The topological polar surface area (TPSA) is 64.1 Å². The van der Waals surface area contributed by atoms with Crippen LogP contribution in [0.5, 0.6) is 0 Å². The van der Waals surface area contributed by atoms with Crippen LogP contribution in [0.1, 0.15) is 49.2 Å². The van der Waals surface area contributed by atoms with E-state index in [0.717, 1.165) is 6.42 Å². The molecule has 0 spiro atoms. The monoisotopic (exact) mass is 263 g/mol. The summed E-state index contributed by atoms with van der Waals surface area (Å²) in [6.07, 6.45) is 5.20. The summed E-state index contributed by atoms with van der Waals surface area (Å²) >= 11 is 0. The van der Waals surface area contributed by atoms with Gasteiger partial charge in [0.15, 0.2) is 0 Å². The maximum Gasteiger partial charge on any atom is 0.341 e. The standard InChI is InChI=1S/C14H21N3O2/c1-4-19-13(18)11-8-15-14(16-10(11)3)17-12-7-5-6-9(12)2/h8-9,12H,4-7H2,1-3H3,(H,15,16,17). The number of rotatable bonds is 4. The first-order valence-corrected chi connectivity index (χ1v) is 6.89. The van der Waals surface area contributed by atoms with Crippen molar-refractivity contribution in [3.8, 4) is 0 Å². The van der Waals surface area contributed by atoms with E-state index in [1.54, 1.807) is 20.0 Å². The van der Waals surface area contributed by atoms with Crippen molar-refractivity contribution in [2.75, 3.05) is 11.9 Å². The second-order valence-electron chi connectivity index (χ2n) is 5.07. The van der Waals surface area contributed by atoms with Gasteiger partial charge in [0.1, 0.15) is 0 Å². The summed E-state index contributed by atoms with van der Waals surface area (Å²) < 4.78 is 4.96. The molecule has 1 aromatic rings. The number of hydrogen-bond acceptors (Lipinski definition) is 5. The Labute approximate surface area is 113 Å². The highest BCUT2D eigenvalue weighted by Crippen LogP contribution is 2.27. The van der Waals surface area contributed by atoms with Gasteiger partial charge in [0.05, 0.1) is 17.9 Å². The first-order chi connectivity index (χ1) is 9.11. The highest BCUT2D eigenvalue weighted by molar-refractivity contribution is 5.90. The number of ether oxygens (including phenoxy) is 1. The number of aromatic nitrogens is 2. The molecule has 0 bridgehead atoms. The minimum absolute atomic E-state index is 0.359. The van der Waals surface area contributed by atoms with Crippen LogP contribution in [0, 0.1) is 12.8 Å². The number of hydrogen-bond donors (Lipinski definition) is 1. The van der Waals surface area contributed by atoms with E-state index in [9.17, 15) is 4.79 Å². The second kappa shape index (κ2) is 5.99. The van der Waals surface area contributed by atoms with Gasteiger partial charge in [0.25, 0.3) is 0 Å². The number of anilines is 1. The summed E-state index contributed by atoms with van der Waals surface area (Å²) in [6, 6.07) is 0.438. The summed E-state index contributed by atoms with van der Waals surface area (Å²) in [7, 11) is 0. The smallest absolute Gasteiger partial charge is 0.341 e. The van der Waals surface area contributed by atoms with E-state index < -0.39 is 0 Å². The summed E-state index contributed by atoms with van der Waals surface area (Å²) in [4.78, 5) is 20.2. The van der Waals surface area contributed by atoms with Crippen LogP contribution in [-0.2, 0) is 4.74 Å². The average molecular weight is 263 g/mol. The number of aryl methyl sites for hydroxylation is 1. The zero-order valence-electron chi connectivity index (χ0n) is 11.8. The van der Waals surface area contributed by atoms with E-state index in [2.05, 4.69) is 22.2 Å². The molecule has 1 aliphatic rings. The highest BCUT2D eigenvalue weighted by atomic mass is 16.5. The molecule has 1 N–H and O–H groups in total. The van der Waals surface area contributed by atoms with Gasteiger partial charge in [-0.2, -0.15) is 0 Å². The fourth-order valence-corrected chi connectivity index (χ4v) is 2.47. The number of carbonyl (C=O) groups is 1. The van der Waals surface area contributed by atoms with E-state index in [4.69, 9.17) is 4.74 Å². The average Bonchev–Trinajstić information content (AvgIpc) is 2.75. The summed E-state index contributed by atoms with van der Waals surface area (Å²) in [6.45, 7) is 6.19. The lowest BCUT2D eigenvalue weighted by Gasteiger charge is -2.17. The van der Waals surface area contributed by atoms with Gasteiger partial charge >= 0.3 is 5.97 Å². The van der Waals surface area contributed by atoms with E-state index >= 15 is 0 Å². The predicted octanol–water partition coefficient (Wildman–Crippen LogP) is 2.56. The van der Waals surface area contributed by atoms with E-state index in [-0.39, 0.29) is 5.97 Å². The Morgan fingerprint density at radius 2 is 2.32 bits per heavy atom. The van der Waals surface area contributed by atoms with Crippen LogP contribution >= 0.6 is 0 Å². The lowest BCUT2D eigenvalue weighted by molar-refractivity contribution is 0.0524. The largest absolute Gasteiger partial charge is 0.462 e. The van der Waals surface area contributed by atoms with E-state index in [0.29, 0.717) is 35.8 Å². The molecule has 2 atom stereocenters. The molecule has 0 saturated heterocycles. The lowest BCUT2D eigenvalue weighted by atomic mass is 10.1. The Kier molecular flexibility index (Phi) is 4.35. The SMILES string of the molecule is CCOC(=O)c1cnc(NC2CCCC2C)nc1C. The number of nitrogens with zero attached hydrogens (tertiary/aromatic N) is 2. The van der Waals surface area contributed by atoms with Gasteiger partial charge < -0.3 is 10.1 Å². The van der Waals surface area contributed by atoms with Crippen LogP contribution in [0.4, 0.5) is 5.95 Å². The molecule has 0 amide bonds. The molecule has 5 nitrogen and oxygen atoms in total. The fraction of sp³-hybridized carbons (Fsp3) is 0.643. The zero-order valence-corrected chi connectivity index (χ0v) is 11.8. The van der Waals surface area contributed by atoms with Crippen LogP contribution in [0.15, 0.2) is 6.20 Å². The Balaban J connectivity index is 2.08. The zero-order chi connectivity index (χ0) is 13.8. The second-order valence-corrected chi connectivity index (χ2v) is 5.07. The Bertz CT molecular complexity index is 462. The molecule has 0 aromatic carbocycles. The summed E-state index contributed by atoms with van der Waals surface area (Å²) in [5.74, 6) is 0.888. The maximum atomic E-state index is 11.7. The third-order valence-corrected chi connectivity index (χ3v) is 3.65. The Hall–Kier alpha value is -1.65. The molecule has 1 fully saturated rings. The van der Waals surface area contributed by atoms with Crippen molar-refractivity contribution >= 4 is 11.9 Å². The van der Waals surface area contributed by atoms with Gasteiger partial charge in [-0.05, 0) is 32.6 Å². The molecular formula is C14H21N3O2. The van der Waals surface area contributed by atoms with Crippen molar-refractivity contribution in [2.45, 2.75) is 46.1 Å². The first-order valence-electron chi connectivity index (χ1n) is 6.89. The van der Waals surface area contributed by atoms with Crippen molar-refractivity contribution in [1.82, 2.24) is 9.97 Å². The van der Waals surface area contributed by atoms with Gasteiger partial charge in [-0.3, -0.25) is 0 Å². The highest BCUT2D eigenvalue weighted by Gasteiger charge is 2.24. The molecule has 2 unspecified atom stereocenters. The first kappa shape index (κ1) is 13.8. The van der Waals surface area contributed by atoms with Gasteiger partial charge in [-0.25, -0.2) is 14.8 Å². The summed E-state index contributed by atoms with van der Waals surface area (Å²) in [5, 5.41) is 3.36. The predicted molar refractivity (Wildman–Crippen MR) is 73.2 cm³/mol. The third-order valence-electron chi connectivity index (χ3n) is 3.65. The third kappa shape index (κ3) is 3.22. The van der Waals surface area contributed by atoms with Gasteiger partial charge in [-0.15, -0.1) is 0 Å². The van der Waals surface area contributed by atoms with Crippen LogP contribution in [-0.4, -0.2) is 28.6 Å². The quantitative estimate of drug-likeness (QED) is 0.846. The molecule has 1 saturated carbocycles. The van der Waals surface area contributed by atoms with Gasteiger partial charge in [0.2, 0.25) is 5.95 Å². The maximum absolute atomic E-state index is 11.7. The number of esters is 1. The van der Waals surface area contributed by atoms with Crippen molar-refractivity contribution in [1.29, 1.82) is 0 Å². The van der Waals surface area contributed by atoms with Crippen molar-refractivity contribution in [2.24, 2.45) is 5.92 Å². The van der Waals surface area contributed by atoms with Crippen LogP contribution < -0.4 is 5.32 Å². The molecule has 5 heteroatoms. The molecule has 19 heavy (non-hydrogen) atoms. The molecule has 1 aromatic heterocycles. The van der Waals surface area contributed by atoms with E-state index in [1.165, 1.54) is 12.8 Å². The molecule has 2 rings (SSSR count). The van der Waals surface area contributed by atoms with Crippen LogP contribution in [0.25, 0.3) is 0 Å². The van der Waals surface area contributed by atoms with Crippen molar-refractivity contribution in [3.63, 3.8) is 0 Å². The Morgan fingerprint density at radius 3 is 2.89 bits per heavy atom. The molecule has 1 heterocycles. The normalized spacial score (nSPS) is 22.3.